The van der Waals surface area contributed by atoms with E-state index in [4.69, 9.17) is 0 Å². The summed E-state index contributed by atoms with van der Waals surface area (Å²) in [4.78, 5) is 15.3. The van der Waals surface area contributed by atoms with Crippen LogP contribution >= 0.6 is 0 Å². The van der Waals surface area contributed by atoms with Crippen molar-refractivity contribution in [2.45, 2.75) is 20.8 Å². The summed E-state index contributed by atoms with van der Waals surface area (Å²) in [5, 5.41) is 8.31. The highest BCUT2D eigenvalue weighted by molar-refractivity contribution is 6.00. The number of anilines is 1. The minimum Gasteiger partial charge on any atom is -0.376 e. The van der Waals surface area contributed by atoms with Crippen LogP contribution in [0.5, 0.6) is 0 Å². The number of aromatic nitrogens is 1. The molecule has 0 radical (unpaired) electrons. The molecule has 0 unspecified atom stereocenters. The standard InChI is InChI=1S/C20H22N4O/c1-13-8-9-18(14(2)10-13)21-12-20(25)24-22-11-17-15(3)23-19-7-5-4-6-16(17)19/h4-11,21,23H,12H2,1-3H3,(H,24,25). The number of nitrogens with one attached hydrogen (secondary N) is 3. The van der Waals surface area contributed by atoms with Crippen molar-refractivity contribution >= 4 is 28.7 Å². The number of para-hydroxylation sites is 1. The highest BCUT2D eigenvalue weighted by atomic mass is 16.2. The molecule has 0 saturated carbocycles. The van der Waals surface area contributed by atoms with E-state index in [1.54, 1.807) is 6.21 Å². The first kappa shape index (κ1) is 16.8. The molecule has 25 heavy (non-hydrogen) atoms. The summed E-state index contributed by atoms with van der Waals surface area (Å²) in [6.07, 6.45) is 1.68. The molecule has 0 spiro atoms. The smallest absolute Gasteiger partial charge is 0.259 e. The van der Waals surface area contributed by atoms with E-state index in [0.29, 0.717) is 0 Å². The third-order valence-corrected chi connectivity index (χ3v) is 4.15. The SMILES string of the molecule is Cc1ccc(NCC(=O)NN=Cc2c(C)[nH]c3ccccc23)c(C)c1. The average Bonchev–Trinajstić information content (AvgIpc) is 2.90. The second-order valence-corrected chi connectivity index (χ2v) is 6.17. The number of amides is 1. The number of hydrogen-bond donors (Lipinski definition) is 3. The first-order chi connectivity index (χ1) is 12.0. The molecular formula is C20H22N4O. The second kappa shape index (κ2) is 7.21. The topological polar surface area (TPSA) is 69.3 Å². The molecule has 128 valence electrons. The van der Waals surface area contributed by atoms with Gasteiger partial charge in [0.15, 0.2) is 0 Å². The molecule has 3 rings (SSSR count). The van der Waals surface area contributed by atoms with Crippen LogP contribution in [0, 0.1) is 20.8 Å². The molecule has 0 fully saturated rings. The molecule has 5 nitrogen and oxygen atoms in total. The molecule has 1 aromatic heterocycles. The number of aryl methyl sites for hydroxylation is 3. The van der Waals surface area contributed by atoms with Gasteiger partial charge in [-0.05, 0) is 38.5 Å². The van der Waals surface area contributed by atoms with Crippen LogP contribution in [-0.4, -0.2) is 23.7 Å². The zero-order chi connectivity index (χ0) is 17.8. The molecule has 0 aliphatic carbocycles. The van der Waals surface area contributed by atoms with Gasteiger partial charge in [0, 0.05) is 27.8 Å². The Bertz CT molecular complexity index is 940. The van der Waals surface area contributed by atoms with Crippen LogP contribution in [0.3, 0.4) is 0 Å². The fourth-order valence-electron chi connectivity index (χ4n) is 2.86. The van der Waals surface area contributed by atoms with Crippen molar-refractivity contribution in [3.05, 3.63) is 64.8 Å². The second-order valence-electron chi connectivity index (χ2n) is 6.17. The highest BCUT2D eigenvalue weighted by Crippen LogP contribution is 2.19. The fraction of sp³-hybridized carbons (Fsp3) is 0.200. The predicted molar refractivity (Wildman–Crippen MR) is 103 cm³/mol. The Morgan fingerprint density at radius 3 is 2.76 bits per heavy atom. The monoisotopic (exact) mass is 334 g/mol. The Hall–Kier alpha value is -3.08. The maximum absolute atomic E-state index is 12.0. The lowest BCUT2D eigenvalue weighted by molar-refractivity contribution is -0.119. The zero-order valence-electron chi connectivity index (χ0n) is 14.7. The third-order valence-electron chi connectivity index (χ3n) is 4.15. The van der Waals surface area contributed by atoms with Crippen molar-refractivity contribution in [1.29, 1.82) is 0 Å². The van der Waals surface area contributed by atoms with Crippen LogP contribution in [-0.2, 0) is 4.79 Å². The van der Waals surface area contributed by atoms with Gasteiger partial charge < -0.3 is 10.3 Å². The van der Waals surface area contributed by atoms with Crippen LogP contribution in [0.15, 0.2) is 47.6 Å². The summed E-state index contributed by atoms with van der Waals surface area (Å²) in [5.74, 6) is -0.186. The van der Waals surface area contributed by atoms with Crippen LogP contribution in [0.4, 0.5) is 5.69 Å². The van der Waals surface area contributed by atoms with Crippen molar-refractivity contribution in [1.82, 2.24) is 10.4 Å². The Kier molecular flexibility index (Phi) is 4.84. The Balaban J connectivity index is 1.60. The molecule has 0 bridgehead atoms. The summed E-state index contributed by atoms with van der Waals surface area (Å²) in [6.45, 7) is 6.23. The summed E-state index contributed by atoms with van der Waals surface area (Å²) in [5.41, 5.74) is 8.91. The van der Waals surface area contributed by atoms with E-state index in [2.05, 4.69) is 26.9 Å². The van der Waals surface area contributed by atoms with Crippen molar-refractivity contribution in [2.24, 2.45) is 5.10 Å². The van der Waals surface area contributed by atoms with E-state index in [1.165, 1.54) is 5.56 Å². The normalized spacial score (nSPS) is 11.2. The van der Waals surface area contributed by atoms with E-state index >= 15 is 0 Å². The van der Waals surface area contributed by atoms with Gasteiger partial charge in [-0.1, -0.05) is 35.9 Å². The lowest BCUT2D eigenvalue weighted by atomic mass is 10.1. The van der Waals surface area contributed by atoms with Gasteiger partial charge in [0.25, 0.3) is 5.91 Å². The summed E-state index contributed by atoms with van der Waals surface area (Å²) in [7, 11) is 0. The molecular weight excluding hydrogens is 312 g/mol. The van der Waals surface area contributed by atoms with Crippen LogP contribution in [0.2, 0.25) is 0 Å². The van der Waals surface area contributed by atoms with Crippen molar-refractivity contribution in [3.63, 3.8) is 0 Å². The number of fused-ring (bicyclic) bond motifs is 1. The third kappa shape index (κ3) is 3.88. The van der Waals surface area contributed by atoms with Gasteiger partial charge in [0.2, 0.25) is 0 Å². The molecule has 0 aliphatic heterocycles. The molecule has 3 N–H and O–H groups in total. The number of benzene rings is 2. The van der Waals surface area contributed by atoms with Gasteiger partial charge in [-0.2, -0.15) is 5.10 Å². The van der Waals surface area contributed by atoms with E-state index in [9.17, 15) is 4.79 Å². The number of H-pyrrole nitrogens is 1. The molecule has 1 amide bonds. The average molecular weight is 334 g/mol. The minimum absolute atomic E-state index is 0.175. The number of carbonyl (C=O) groups excluding carboxylic acids is 1. The maximum Gasteiger partial charge on any atom is 0.259 e. The number of hydrazone groups is 1. The van der Waals surface area contributed by atoms with Crippen LogP contribution < -0.4 is 10.7 Å². The van der Waals surface area contributed by atoms with Crippen LogP contribution in [0.25, 0.3) is 10.9 Å². The van der Waals surface area contributed by atoms with Gasteiger partial charge in [0.1, 0.15) is 0 Å². The maximum atomic E-state index is 12.0. The van der Waals surface area contributed by atoms with E-state index in [1.807, 2.05) is 57.2 Å². The molecule has 2 aromatic carbocycles. The number of hydrogen-bond acceptors (Lipinski definition) is 3. The van der Waals surface area contributed by atoms with Crippen molar-refractivity contribution in [3.8, 4) is 0 Å². The quantitative estimate of drug-likeness (QED) is 0.492. The lowest BCUT2D eigenvalue weighted by Gasteiger charge is -2.09. The predicted octanol–water partition coefficient (Wildman–Crippen LogP) is 3.66. The molecule has 0 aliphatic rings. The summed E-state index contributed by atoms with van der Waals surface area (Å²) >= 11 is 0. The zero-order valence-corrected chi connectivity index (χ0v) is 14.7. The van der Waals surface area contributed by atoms with Gasteiger partial charge in [-0.25, -0.2) is 5.43 Å². The van der Waals surface area contributed by atoms with Gasteiger partial charge in [-0.15, -0.1) is 0 Å². The van der Waals surface area contributed by atoms with E-state index in [0.717, 1.165) is 33.4 Å². The molecule has 0 atom stereocenters. The summed E-state index contributed by atoms with van der Waals surface area (Å²) < 4.78 is 0. The van der Waals surface area contributed by atoms with Crippen molar-refractivity contribution in [2.75, 3.05) is 11.9 Å². The number of carbonyl (C=O) groups is 1. The first-order valence-corrected chi connectivity index (χ1v) is 8.25. The Morgan fingerprint density at radius 2 is 1.96 bits per heavy atom. The number of aromatic amines is 1. The molecule has 5 heteroatoms. The lowest BCUT2D eigenvalue weighted by Crippen LogP contribution is -2.26. The Labute approximate surface area is 147 Å². The first-order valence-electron chi connectivity index (χ1n) is 8.25. The van der Waals surface area contributed by atoms with Gasteiger partial charge in [-0.3, -0.25) is 4.79 Å². The van der Waals surface area contributed by atoms with Crippen molar-refractivity contribution < 1.29 is 4.79 Å². The van der Waals surface area contributed by atoms with Gasteiger partial charge >= 0.3 is 0 Å². The minimum atomic E-state index is -0.186. The fourth-order valence-corrected chi connectivity index (χ4v) is 2.86. The molecule has 3 aromatic rings. The number of nitrogens with zero attached hydrogens (tertiary/aromatic N) is 1. The highest BCUT2D eigenvalue weighted by Gasteiger charge is 2.06. The molecule has 1 heterocycles. The van der Waals surface area contributed by atoms with Gasteiger partial charge in [0.05, 0.1) is 12.8 Å². The largest absolute Gasteiger partial charge is 0.376 e. The summed E-state index contributed by atoms with van der Waals surface area (Å²) in [6, 6.07) is 14.1. The van der Waals surface area contributed by atoms with Crippen LogP contribution in [0.1, 0.15) is 22.4 Å². The Morgan fingerprint density at radius 1 is 1.16 bits per heavy atom. The van der Waals surface area contributed by atoms with E-state index < -0.39 is 0 Å². The molecule has 0 saturated heterocycles. The van der Waals surface area contributed by atoms with E-state index in [-0.39, 0.29) is 12.5 Å². The number of rotatable bonds is 5.